The zero-order valence-corrected chi connectivity index (χ0v) is 61.7. The van der Waals surface area contributed by atoms with Crippen LogP contribution in [-0.4, -0.2) is 272 Å². The van der Waals surface area contributed by atoms with Crippen molar-refractivity contribution in [1.82, 2.24) is 30.3 Å². The summed E-state index contributed by atoms with van der Waals surface area (Å²) in [5.41, 5.74) is 0.714. The molecule has 0 aliphatic carbocycles. The van der Waals surface area contributed by atoms with E-state index < -0.39 is 147 Å². The van der Waals surface area contributed by atoms with Gasteiger partial charge in [-0.3, -0.25) is 19.2 Å². The van der Waals surface area contributed by atoms with Gasteiger partial charge in [-0.15, -0.1) is 0 Å². The van der Waals surface area contributed by atoms with Gasteiger partial charge in [-0.2, -0.15) is 4.68 Å². The normalized spacial score (nSPS) is 24.7. The number of hydrogen-bond acceptors (Lipinski definition) is 28. The monoisotopic (exact) mass is 1570 g/mol. The van der Waals surface area contributed by atoms with E-state index in [2.05, 4.69) is 28.9 Å². The number of aromatic nitrogens is 3. The maximum absolute atomic E-state index is 14.7. The molecule has 2 unspecified atom stereocenters. The van der Waals surface area contributed by atoms with Crippen LogP contribution in [0.2, 0.25) is 0 Å². The number of carbonyl (C=O) groups is 8. The average Bonchev–Trinajstić information content (AvgIpc) is 1.59. The Labute approximate surface area is 639 Å². The Morgan fingerprint density at radius 2 is 1.01 bits per heavy atom. The number of aliphatic hydroxyl groups is 8. The summed E-state index contributed by atoms with van der Waals surface area (Å²) in [5.74, 6) is -6.24. The first-order valence-corrected chi connectivity index (χ1v) is 35.9. The minimum atomic E-state index is -2.04. The van der Waals surface area contributed by atoms with E-state index >= 15 is 0 Å². The van der Waals surface area contributed by atoms with Gasteiger partial charge in [0.2, 0.25) is 18.8 Å². The summed E-state index contributed by atoms with van der Waals surface area (Å²) in [5, 5.41) is 117. The smallest absolute Gasteiger partial charge is 0.416 e. The molecule has 5 aromatic rings. The SMILES string of the molecule is C=C1C[C@H]2C(O)N(C(=O)OCc3ccc(O[C@@H]4O[C@H](C(=O)O)[C@@H](O)[C@H](O)[C@H]4O)c(C(=O)NCCC[n+]4ccnn4C(C)C)c3)c3cc(OCCCCCOc4cc5c(cc4OC)C(=O)N4CC(=C)C[C@H]4C(O)N5C(=O)OCc4ccc(O[C@@H]5O[C@H](C(=O)O)[C@@H](O)[C@H](O)[C@H]5O)c(C(=O)NCCOC)c4)c(OC)cc3C(=O)N2C1. The number of methoxy groups -OCH3 is 3. The molecule has 1 aromatic heterocycles. The number of fused-ring (bicyclic) bond motifs is 4. The number of unbranched alkanes of at least 4 members (excludes halogenated alkanes) is 2. The van der Waals surface area contributed by atoms with E-state index in [0.717, 1.165) is 9.80 Å². The van der Waals surface area contributed by atoms with Crippen LogP contribution in [0, 0.1) is 0 Å². The second-order valence-electron chi connectivity index (χ2n) is 27.6. The predicted octanol–water partition coefficient (Wildman–Crippen LogP) is 0.627. The van der Waals surface area contributed by atoms with Gasteiger partial charge in [-0.25, -0.2) is 29.0 Å². The molecular weight excluding hydrogens is 1480 g/mol. The van der Waals surface area contributed by atoms with Crippen molar-refractivity contribution >= 4 is 59.1 Å². The highest BCUT2D eigenvalue weighted by atomic mass is 16.7. The minimum absolute atomic E-state index is 0.00279. The highest BCUT2D eigenvalue weighted by Gasteiger charge is 2.52. The molecule has 12 N–H and O–H groups in total. The number of nitrogens with one attached hydrogen (secondary N) is 2. The van der Waals surface area contributed by atoms with E-state index in [1.54, 1.807) is 17.2 Å². The summed E-state index contributed by atoms with van der Waals surface area (Å²) in [6.45, 7) is 11.6. The summed E-state index contributed by atoms with van der Waals surface area (Å²) in [4.78, 5) is 116. The number of amides is 6. The van der Waals surface area contributed by atoms with Crippen LogP contribution in [0.5, 0.6) is 34.5 Å². The molecule has 0 bridgehead atoms. The number of aryl methyl sites for hydroxylation is 1. The lowest BCUT2D eigenvalue weighted by molar-refractivity contribution is -0.782. The van der Waals surface area contributed by atoms with Gasteiger partial charge in [0.15, 0.2) is 53.9 Å². The second kappa shape index (κ2) is 35.7. The third kappa shape index (κ3) is 17.6. The van der Waals surface area contributed by atoms with Crippen LogP contribution < -0.4 is 53.5 Å². The number of hydrogen-bond donors (Lipinski definition) is 12. The summed E-state index contributed by atoms with van der Waals surface area (Å²) in [7, 11) is 4.09. The molecule has 6 aliphatic rings. The molecule has 112 heavy (non-hydrogen) atoms. The van der Waals surface area contributed by atoms with Gasteiger partial charge in [0.25, 0.3) is 23.6 Å². The Morgan fingerprint density at radius 3 is 1.43 bits per heavy atom. The fourth-order valence-corrected chi connectivity index (χ4v) is 13.8. The molecule has 7 heterocycles. The van der Waals surface area contributed by atoms with Crippen molar-refractivity contribution in [2.24, 2.45) is 0 Å². The number of nitrogens with zero attached hydrogens (tertiary/aromatic N) is 7. The maximum Gasteiger partial charge on any atom is 0.416 e. The molecule has 4 saturated heterocycles. The van der Waals surface area contributed by atoms with Crippen LogP contribution in [0.1, 0.15) is 111 Å². The zero-order valence-electron chi connectivity index (χ0n) is 61.7. The third-order valence-corrected chi connectivity index (χ3v) is 19.6. The largest absolute Gasteiger partial charge is 0.493 e. The van der Waals surface area contributed by atoms with Gasteiger partial charge in [0.1, 0.15) is 73.9 Å². The summed E-state index contributed by atoms with van der Waals surface area (Å²) in [6, 6.07) is 11.3. The molecule has 6 aliphatic heterocycles. The van der Waals surface area contributed by atoms with Crippen LogP contribution in [0.25, 0.3) is 0 Å². The summed E-state index contributed by atoms with van der Waals surface area (Å²) >= 11 is 0. The van der Waals surface area contributed by atoms with E-state index in [4.69, 9.17) is 52.1 Å². The highest BCUT2D eigenvalue weighted by molar-refractivity contribution is 6.07. The molecule has 0 spiro atoms. The first-order valence-electron chi connectivity index (χ1n) is 35.9. The molecular formula is C74H90N9O29+. The number of anilines is 2. The van der Waals surface area contributed by atoms with Crippen molar-refractivity contribution in [2.75, 3.05) is 77.1 Å². The Morgan fingerprint density at radius 1 is 0.562 bits per heavy atom. The van der Waals surface area contributed by atoms with E-state index in [9.17, 15) is 89.4 Å². The van der Waals surface area contributed by atoms with Crippen molar-refractivity contribution in [2.45, 2.75) is 164 Å². The van der Waals surface area contributed by atoms with E-state index in [1.807, 2.05) is 18.5 Å². The predicted molar refractivity (Wildman–Crippen MR) is 382 cm³/mol. The first kappa shape index (κ1) is 82.2. The van der Waals surface area contributed by atoms with Gasteiger partial charge < -0.3 is 124 Å². The van der Waals surface area contributed by atoms with Crippen LogP contribution in [0.3, 0.4) is 0 Å². The number of carbonyl (C=O) groups excluding carboxylic acids is 6. The number of rotatable bonds is 30. The van der Waals surface area contributed by atoms with E-state index in [-0.39, 0.29) is 144 Å². The third-order valence-electron chi connectivity index (χ3n) is 19.6. The molecule has 11 rings (SSSR count). The quantitative estimate of drug-likeness (QED) is 0.0170. The van der Waals surface area contributed by atoms with Crippen molar-refractivity contribution < 1.29 is 146 Å². The Balaban J connectivity index is 0.770. The lowest BCUT2D eigenvalue weighted by Crippen LogP contribution is -2.61. The molecule has 6 amide bonds. The van der Waals surface area contributed by atoms with Gasteiger partial charge >= 0.3 is 24.1 Å². The van der Waals surface area contributed by atoms with Crippen LogP contribution in [0.15, 0.2) is 97.4 Å². The Kier molecular flexibility index (Phi) is 26.2. The van der Waals surface area contributed by atoms with Gasteiger partial charge in [0.05, 0.1) is 79.8 Å². The van der Waals surface area contributed by atoms with Crippen molar-refractivity contribution in [3.05, 3.63) is 131 Å². The molecule has 38 nitrogen and oxygen atoms in total. The zero-order chi connectivity index (χ0) is 80.7. The fourth-order valence-electron chi connectivity index (χ4n) is 13.8. The first-order chi connectivity index (χ1) is 53.5. The Bertz CT molecular complexity index is 4370. The van der Waals surface area contributed by atoms with Crippen LogP contribution in [0.4, 0.5) is 21.0 Å². The van der Waals surface area contributed by atoms with Crippen molar-refractivity contribution in [1.29, 1.82) is 0 Å². The van der Waals surface area contributed by atoms with Crippen LogP contribution >= 0.6 is 0 Å². The molecule has 14 atom stereocenters. The van der Waals surface area contributed by atoms with E-state index in [1.165, 1.54) is 91.8 Å². The molecule has 38 heteroatoms. The number of ether oxygens (including phenoxy) is 11. The van der Waals surface area contributed by atoms with Crippen molar-refractivity contribution in [3.63, 3.8) is 0 Å². The molecule has 0 saturated carbocycles. The average molecular weight is 1570 g/mol. The number of aliphatic carboxylic acids is 2. The highest BCUT2D eigenvalue weighted by Crippen LogP contribution is 2.45. The van der Waals surface area contributed by atoms with Crippen LogP contribution in [-0.2, 0) is 53.0 Å². The Hall–Kier alpha value is -10.8. The van der Waals surface area contributed by atoms with E-state index in [0.29, 0.717) is 43.4 Å². The molecule has 4 fully saturated rings. The van der Waals surface area contributed by atoms with Gasteiger partial charge in [-0.1, -0.05) is 36.4 Å². The second-order valence-corrected chi connectivity index (χ2v) is 27.6. The number of benzene rings is 4. The van der Waals surface area contributed by atoms with Gasteiger partial charge in [0, 0.05) is 56.9 Å². The number of carboxylic acids is 2. The topological polar surface area (TPSA) is 499 Å². The minimum Gasteiger partial charge on any atom is -0.493 e. The lowest BCUT2D eigenvalue weighted by atomic mass is 9.99. The molecule has 604 valence electrons. The maximum atomic E-state index is 14.7. The fraction of sp³-hybridized carbons (Fsp3) is 0.486. The molecule has 0 radical (unpaired) electrons. The number of aliphatic hydroxyl groups excluding tert-OH is 8. The standard InChI is InChI=1S/C74H89N9O29/c1-36(2)83-77-17-20-78(83)19-11-16-75-63(90)43-26-39(12-14-49(43)109-71-59(88)55(84)57(86)61(111-71)69(96)97)34-107-73(100)81-45-30-53(51(103-6)28-41(45)65(92)79-32-37(3)24-47(79)67(81)94)105-21-9-8-10-22-106-54-31-46-42(29-52(54)104-7)66(93)80-33-38(4)25-48(80)68(95)82(46)74(101)108-35-40-13-15-50(44(27-40)64(91)76-18-23-102-5)110-72-60(89)56(85)58(87)62(112-72)70(98)99/h12-15,17,20,26-31,36,47-48,55-62,67-68,71-72,84-89,94-95H,3-4,8-11,16,18-19,21-25,32-35H2,1-2,5-7H3,(H3-,75,76,90,91,96,97,98,99)/p+1/t47-,48-,55-,56-,57-,58-,59+,60+,61-,62-,67?,68?,71+,72+/m0/s1. The van der Waals surface area contributed by atoms with Gasteiger partial charge in [-0.05, 0) is 98.3 Å². The molecule has 4 aromatic carbocycles. The number of carboxylic acid groups (broad SMARTS) is 2. The lowest BCUT2D eigenvalue weighted by Gasteiger charge is -2.38. The van der Waals surface area contributed by atoms with Crippen molar-refractivity contribution in [3.8, 4) is 34.5 Å². The summed E-state index contributed by atoms with van der Waals surface area (Å²) < 4.78 is 64.8. The summed E-state index contributed by atoms with van der Waals surface area (Å²) in [6.07, 6.45) is -20.5.